The molecule has 10 heteroatoms. The molecule has 0 saturated carbocycles. The average Bonchev–Trinajstić information content (AvgIpc) is 3.21. The molecule has 1 aliphatic heterocycles. The van der Waals surface area contributed by atoms with E-state index in [2.05, 4.69) is 74.6 Å². The number of aliphatic hydroxyl groups excluding tert-OH is 4. The normalized spacial score (nSPS) is 20.8. The van der Waals surface area contributed by atoms with Gasteiger partial charge in [0.05, 0.1) is 13.2 Å². The Morgan fingerprint density at radius 2 is 1.04 bits per heavy atom. The first-order valence-corrected chi connectivity index (χ1v) is 22.4. The summed E-state index contributed by atoms with van der Waals surface area (Å²) >= 11 is 0. The first kappa shape index (κ1) is 52.4. The van der Waals surface area contributed by atoms with Crippen LogP contribution in [0.25, 0.3) is 0 Å². The number of rotatable bonds is 36. The van der Waals surface area contributed by atoms with E-state index < -0.39 is 55.4 Å². The van der Waals surface area contributed by atoms with E-state index in [0.717, 1.165) is 57.8 Å². The van der Waals surface area contributed by atoms with E-state index in [1.165, 1.54) is 70.6 Å². The second kappa shape index (κ2) is 37.7. The molecule has 1 rings (SSSR count). The van der Waals surface area contributed by atoms with Crippen LogP contribution in [0.15, 0.2) is 60.8 Å². The van der Waals surface area contributed by atoms with Crippen LogP contribution >= 0.6 is 0 Å². The van der Waals surface area contributed by atoms with Crippen molar-refractivity contribution in [2.75, 3.05) is 19.8 Å². The lowest BCUT2D eigenvalue weighted by Gasteiger charge is -2.39. The molecule has 6 atom stereocenters. The largest absolute Gasteiger partial charge is 0.462 e. The van der Waals surface area contributed by atoms with Crippen LogP contribution in [0.3, 0.4) is 0 Å². The minimum atomic E-state index is -1.60. The van der Waals surface area contributed by atoms with Crippen LogP contribution in [-0.4, -0.2) is 89.0 Å². The maximum Gasteiger partial charge on any atom is 0.306 e. The van der Waals surface area contributed by atoms with Crippen molar-refractivity contribution >= 4 is 11.9 Å². The molecule has 328 valence electrons. The van der Waals surface area contributed by atoms with Gasteiger partial charge in [0.1, 0.15) is 31.0 Å². The third-order valence-corrected chi connectivity index (χ3v) is 9.89. The number of hydrogen-bond acceptors (Lipinski definition) is 10. The van der Waals surface area contributed by atoms with Crippen LogP contribution in [0.2, 0.25) is 0 Å². The molecule has 1 aliphatic rings. The minimum Gasteiger partial charge on any atom is -0.462 e. The number of carbonyl (C=O) groups excluding carboxylic acids is 2. The summed E-state index contributed by atoms with van der Waals surface area (Å²) in [5.74, 6) is -0.861. The third kappa shape index (κ3) is 29.3. The molecule has 0 aromatic heterocycles. The zero-order chi connectivity index (χ0) is 41.6. The molecule has 0 aliphatic carbocycles. The SMILES string of the molecule is CC/C=C/C/C=C/C/C=C/C/C=C/CCCCC(=O)OC[C@H](CO[C@@H]1O[C@H](CO)[C@H](O)C(O)C1O)OC(=O)CCCCCCCCCCC/C=C/CCCCCC. The number of aliphatic hydroxyl groups is 4. The maximum atomic E-state index is 12.8. The zero-order valence-electron chi connectivity index (χ0n) is 35.6. The van der Waals surface area contributed by atoms with E-state index in [1.54, 1.807) is 0 Å². The highest BCUT2D eigenvalue weighted by molar-refractivity contribution is 5.70. The highest BCUT2D eigenvalue weighted by Crippen LogP contribution is 2.22. The number of carbonyl (C=O) groups is 2. The fourth-order valence-electron chi connectivity index (χ4n) is 6.35. The van der Waals surface area contributed by atoms with Gasteiger partial charge in [-0.15, -0.1) is 0 Å². The molecule has 1 saturated heterocycles. The predicted molar refractivity (Wildman–Crippen MR) is 228 cm³/mol. The maximum absolute atomic E-state index is 12.8. The highest BCUT2D eigenvalue weighted by Gasteiger charge is 2.44. The molecule has 1 fully saturated rings. The fraction of sp³-hybridized carbons (Fsp3) is 0.745. The topological polar surface area (TPSA) is 152 Å². The van der Waals surface area contributed by atoms with Crippen molar-refractivity contribution in [3.63, 3.8) is 0 Å². The van der Waals surface area contributed by atoms with Gasteiger partial charge in [-0.25, -0.2) is 0 Å². The molecular formula is C47H80O10. The van der Waals surface area contributed by atoms with Gasteiger partial charge in [-0.3, -0.25) is 9.59 Å². The molecule has 2 unspecified atom stereocenters. The lowest BCUT2D eigenvalue weighted by atomic mass is 9.99. The molecule has 0 aromatic rings. The third-order valence-electron chi connectivity index (χ3n) is 9.89. The van der Waals surface area contributed by atoms with Crippen molar-refractivity contribution in [1.29, 1.82) is 0 Å². The Balaban J connectivity index is 2.36. The van der Waals surface area contributed by atoms with E-state index in [4.69, 9.17) is 18.9 Å². The molecule has 4 N–H and O–H groups in total. The van der Waals surface area contributed by atoms with E-state index in [9.17, 15) is 30.0 Å². The van der Waals surface area contributed by atoms with Crippen molar-refractivity contribution in [2.45, 2.75) is 205 Å². The standard InChI is InChI=1S/C47H80O10/c1-3-5-7-9-11-13-15-17-19-20-22-24-26-28-30-32-34-36-43(50)56-40(39-55-47-46(53)45(52)44(51)41(37-48)57-47)38-54-42(49)35-33-31-29-27-25-23-21-18-16-14-12-10-8-6-4-2/h6,8,12-15,18,21,25,27,40-41,44-48,51-53H,3-5,7,9-11,16-17,19-20,22-24,26,28-39H2,1-2H3/b8-6+,14-12+,15-13+,21-18+,27-25+/t40-,41-,44+,45?,46?,47-/m1/s1. The van der Waals surface area contributed by atoms with E-state index in [0.29, 0.717) is 12.8 Å². The number of unbranched alkanes of at least 4 members (excludes halogenated alkanes) is 15. The second-order valence-corrected chi connectivity index (χ2v) is 15.1. The summed E-state index contributed by atoms with van der Waals surface area (Å²) < 4.78 is 22.1. The number of allylic oxidation sites excluding steroid dienone is 10. The van der Waals surface area contributed by atoms with E-state index >= 15 is 0 Å². The summed E-state index contributed by atoms with van der Waals surface area (Å²) in [6, 6.07) is 0. The molecule has 0 spiro atoms. The summed E-state index contributed by atoms with van der Waals surface area (Å²) in [7, 11) is 0. The Labute approximate surface area is 345 Å². The van der Waals surface area contributed by atoms with Crippen LogP contribution < -0.4 is 0 Å². The van der Waals surface area contributed by atoms with E-state index in [1.807, 2.05) is 0 Å². The summed E-state index contributed by atoms with van der Waals surface area (Å²) in [5, 5.41) is 40.1. The zero-order valence-corrected chi connectivity index (χ0v) is 35.6. The van der Waals surface area contributed by atoms with Gasteiger partial charge < -0.3 is 39.4 Å². The molecule has 0 aromatic carbocycles. The Hall–Kier alpha value is -2.60. The van der Waals surface area contributed by atoms with Gasteiger partial charge in [0.15, 0.2) is 12.4 Å². The van der Waals surface area contributed by atoms with Gasteiger partial charge in [-0.1, -0.05) is 139 Å². The first-order chi connectivity index (χ1) is 27.8. The molecule has 1 heterocycles. The van der Waals surface area contributed by atoms with E-state index in [-0.39, 0.29) is 26.1 Å². The Kier molecular flexibility index (Phi) is 34.6. The lowest BCUT2D eigenvalue weighted by molar-refractivity contribution is -0.305. The quantitative estimate of drug-likeness (QED) is 0.0274. The van der Waals surface area contributed by atoms with Crippen LogP contribution in [0.4, 0.5) is 0 Å². The molecule has 57 heavy (non-hydrogen) atoms. The van der Waals surface area contributed by atoms with Crippen molar-refractivity contribution in [3.05, 3.63) is 60.8 Å². The molecular weight excluding hydrogens is 725 g/mol. The summed E-state index contributed by atoms with van der Waals surface area (Å²) in [6.07, 6.45) is 38.0. The summed E-state index contributed by atoms with van der Waals surface area (Å²) in [4.78, 5) is 25.3. The van der Waals surface area contributed by atoms with Crippen LogP contribution in [-0.2, 0) is 28.5 Å². The molecule has 0 bridgehead atoms. The Morgan fingerprint density at radius 1 is 0.561 bits per heavy atom. The van der Waals surface area contributed by atoms with Crippen LogP contribution in [0.1, 0.15) is 168 Å². The van der Waals surface area contributed by atoms with Gasteiger partial charge >= 0.3 is 11.9 Å². The average molecular weight is 805 g/mol. The van der Waals surface area contributed by atoms with Crippen LogP contribution in [0.5, 0.6) is 0 Å². The molecule has 0 radical (unpaired) electrons. The summed E-state index contributed by atoms with van der Waals surface area (Å²) in [5.41, 5.74) is 0. The highest BCUT2D eigenvalue weighted by atomic mass is 16.7. The fourth-order valence-corrected chi connectivity index (χ4v) is 6.35. The minimum absolute atomic E-state index is 0.216. The van der Waals surface area contributed by atoms with Crippen molar-refractivity contribution in [2.24, 2.45) is 0 Å². The van der Waals surface area contributed by atoms with Gasteiger partial charge in [-0.05, 0) is 77.0 Å². The van der Waals surface area contributed by atoms with Gasteiger partial charge in [-0.2, -0.15) is 0 Å². The molecule has 0 amide bonds. The summed E-state index contributed by atoms with van der Waals surface area (Å²) in [6.45, 7) is 3.24. The number of esters is 2. The monoisotopic (exact) mass is 805 g/mol. The Morgan fingerprint density at radius 3 is 1.61 bits per heavy atom. The first-order valence-electron chi connectivity index (χ1n) is 22.4. The predicted octanol–water partition coefficient (Wildman–Crippen LogP) is 9.44. The molecule has 10 nitrogen and oxygen atoms in total. The Bertz CT molecular complexity index is 1110. The smallest absolute Gasteiger partial charge is 0.306 e. The number of hydrogen-bond donors (Lipinski definition) is 4. The van der Waals surface area contributed by atoms with Gasteiger partial charge in [0.2, 0.25) is 0 Å². The van der Waals surface area contributed by atoms with Gasteiger partial charge in [0.25, 0.3) is 0 Å². The van der Waals surface area contributed by atoms with Crippen molar-refractivity contribution in [1.82, 2.24) is 0 Å². The van der Waals surface area contributed by atoms with Gasteiger partial charge in [0, 0.05) is 12.8 Å². The second-order valence-electron chi connectivity index (χ2n) is 15.1. The lowest BCUT2D eigenvalue weighted by Crippen LogP contribution is -2.59. The van der Waals surface area contributed by atoms with Crippen molar-refractivity contribution < 1.29 is 49.0 Å². The van der Waals surface area contributed by atoms with Crippen molar-refractivity contribution in [3.8, 4) is 0 Å². The van der Waals surface area contributed by atoms with Crippen LogP contribution in [0, 0.1) is 0 Å². The number of ether oxygens (including phenoxy) is 4.